The Kier molecular flexibility index (Phi) is 7.18. The Morgan fingerprint density at radius 1 is 1.18 bits per heavy atom. The van der Waals surface area contributed by atoms with E-state index in [1.165, 1.54) is 19.6 Å². The summed E-state index contributed by atoms with van der Waals surface area (Å²) in [5, 5.41) is 51.9. The Morgan fingerprint density at radius 3 is 2.61 bits per heavy atom. The summed E-state index contributed by atoms with van der Waals surface area (Å²) in [4.78, 5) is 26.2. The van der Waals surface area contributed by atoms with Crippen molar-refractivity contribution >= 4 is 11.9 Å². The molecule has 4 aliphatic rings. The van der Waals surface area contributed by atoms with Gasteiger partial charge in [-0.25, -0.2) is 9.59 Å². The van der Waals surface area contributed by atoms with Gasteiger partial charge in [0.2, 0.25) is 0 Å². The molecule has 10 atom stereocenters. The summed E-state index contributed by atoms with van der Waals surface area (Å²) in [5.74, 6) is -1.75. The Morgan fingerprint density at radius 2 is 1.95 bits per heavy atom. The molecule has 5 N–H and O–H groups in total. The van der Waals surface area contributed by atoms with Crippen LogP contribution in [0.25, 0.3) is 0 Å². The second-order valence-corrected chi connectivity index (χ2v) is 10.8. The monoisotopic (exact) mass is 538 g/mol. The van der Waals surface area contributed by atoms with Crippen molar-refractivity contribution in [2.45, 2.75) is 87.5 Å². The number of furan rings is 1. The molecule has 38 heavy (non-hydrogen) atoms. The predicted octanol–water partition coefficient (Wildman–Crippen LogP) is -0.136. The van der Waals surface area contributed by atoms with Gasteiger partial charge in [-0.2, -0.15) is 0 Å². The van der Waals surface area contributed by atoms with Gasteiger partial charge in [-0.1, -0.05) is 12.5 Å². The average Bonchev–Trinajstić information content (AvgIpc) is 3.45. The molecule has 1 aromatic heterocycles. The van der Waals surface area contributed by atoms with E-state index in [1.807, 2.05) is 6.92 Å². The van der Waals surface area contributed by atoms with E-state index in [0.29, 0.717) is 24.0 Å². The van der Waals surface area contributed by atoms with E-state index in [1.54, 1.807) is 6.07 Å². The molecular formula is C26H34O12. The van der Waals surface area contributed by atoms with Gasteiger partial charge >= 0.3 is 11.9 Å². The molecule has 1 aromatic rings. The number of hydrogen-bond donors (Lipinski definition) is 5. The van der Waals surface area contributed by atoms with E-state index in [0.717, 1.165) is 0 Å². The maximum atomic E-state index is 13.1. The van der Waals surface area contributed by atoms with Crippen LogP contribution in [0.15, 0.2) is 34.2 Å². The van der Waals surface area contributed by atoms with Crippen molar-refractivity contribution < 1.29 is 58.5 Å². The standard InChI is InChI=1S/C26H34O12/c1-25-9-16(12-6-8-35-11-12)38-24(32)26(25,33)7-5-13-14(25)3-4-15(18(13)22(31)34-2)36-23-21(30)20(29)19(28)17(10-27)37-23/h6,8,11,14-17,19-21,23,27-30,33H,3-5,7,9-10H2,1-2H3/t14-,15+,16+,17-,19-,20+,21-,23-,25+,26+/m1/s1. The number of esters is 2. The fraction of sp³-hybridized carbons (Fsp3) is 0.692. The van der Waals surface area contributed by atoms with Crippen molar-refractivity contribution in [3.05, 3.63) is 35.3 Å². The van der Waals surface area contributed by atoms with Gasteiger partial charge < -0.3 is 48.9 Å². The number of hydrogen-bond acceptors (Lipinski definition) is 12. The van der Waals surface area contributed by atoms with Gasteiger partial charge in [0.25, 0.3) is 0 Å². The maximum absolute atomic E-state index is 13.1. The first-order valence-electron chi connectivity index (χ1n) is 12.8. The van der Waals surface area contributed by atoms with E-state index >= 15 is 0 Å². The number of fused-ring (bicyclic) bond motifs is 3. The van der Waals surface area contributed by atoms with Crippen LogP contribution < -0.4 is 0 Å². The molecule has 12 heteroatoms. The van der Waals surface area contributed by atoms with Crippen molar-refractivity contribution in [2.24, 2.45) is 11.3 Å². The number of aliphatic hydroxyl groups excluding tert-OH is 4. The molecule has 3 heterocycles. The lowest BCUT2D eigenvalue weighted by atomic mass is 9.50. The minimum absolute atomic E-state index is 0.0273. The smallest absolute Gasteiger partial charge is 0.339 e. The SMILES string of the molecule is COC(=O)C1=C2CC[C@]3(O)C(=O)O[C@H](c4ccoc4)C[C@@]3(C)[C@@H]2CC[C@@H]1O[C@@H]1O[C@H](CO)[C@@H](O)[C@H](O)[C@H]1O. The highest BCUT2D eigenvalue weighted by Crippen LogP contribution is 2.61. The number of ether oxygens (including phenoxy) is 4. The molecule has 0 bridgehead atoms. The number of cyclic esters (lactones) is 1. The normalized spacial score (nSPS) is 43.2. The van der Waals surface area contributed by atoms with Crippen LogP contribution >= 0.6 is 0 Å². The summed E-state index contributed by atoms with van der Waals surface area (Å²) >= 11 is 0. The van der Waals surface area contributed by atoms with E-state index in [4.69, 9.17) is 23.4 Å². The van der Waals surface area contributed by atoms with Crippen LogP contribution in [-0.4, -0.2) is 93.6 Å². The lowest BCUT2D eigenvalue weighted by Crippen LogP contribution is -2.64. The largest absolute Gasteiger partial charge is 0.472 e. The molecule has 3 fully saturated rings. The zero-order chi connectivity index (χ0) is 27.4. The van der Waals surface area contributed by atoms with Gasteiger partial charge in [0.05, 0.1) is 37.9 Å². The third kappa shape index (κ3) is 4.10. The summed E-state index contributed by atoms with van der Waals surface area (Å²) in [5.41, 5.74) is -1.17. The number of carbonyl (C=O) groups excluding carboxylic acids is 2. The highest BCUT2D eigenvalue weighted by molar-refractivity contribution is 5.91. The van der Waals surface area contributed by atoms with E-state index in [-0.39, 0.29) is 30.8 Å². The van der Waals surface area contributed by atoms with E-state index in [2.05, 4.69) is 0 Å². The molecule has 0 amide bonds. The van der Waals surface area contributed by atoms with Crippen molar-refractivity contribution in [1.82, 2.24) is 0 Å². The number of carbonyl (C=O) groups is 2. The molecule has 2 aliphatic heterocycles. The van der Waals surface area contributed by atoms with Crippen molar-refractivity contribution in [3.8, 4) is 0 Å². The van der Waals surface area contributed by atoms with Crippen LogP contribution in [0.2, 0.25) is 0 Å². The quantitative estimate of drug-likeness (QED) is 0.313. The zero-order valence-corrected chi connectivity index (χ0v) is 21.2. The molecule has 0 radical (unpaired) electrons. The Bertz CT molecular complexity index is 1080. The minimum atomic E-state index is -1.76. The Labute approximate surface area is 218 Å². The topological polar surface area (TPSA) is 185 Å². The number of allylic oxidation sites excluding steroid dienone is 1. The van der Waals surface area contributed by atoms with E-state index < -0.39 is 72.5 Å². The third-order valence-corrected chi connectivity index (χ3v) is 8.94. The molecule has 0 spiro atoms. The Hall–Kier alpha value is -2.32. The van der Waals surface area contributed by atoms with Gasteiger partial charge in [0, 0.05) is 11.0 Å². The van der Waals surface area contributed by atoms with Gasteiger partial charge in [0.1, 0.15) is 30.5 Å². The van der Waals surface area contributed by atoms with Gasteiger partial charge in [-0.05, 0) is 44.1 Å². The first-order chi connectivity index (χ1) is 18.1. The zero-order valence-electron chi connectivity index (χ0n) is 21.2. The first kappa shape index (κ1) is 27.3. The van der Waals surface area contributed by atoms with Crippen LogP contribution in [0.4, 0.5) is 0 Å². The van der Waals surface area contributed by atoms with Crippen LogP contribution in [-0.2, 0) is 28.5 Å². The Balaban J connectivity index is 1.49. The summed E-state index contributed by atoms with van der Waals surface area (Å²) in [6.07, 6.45) is -4.73. The maximum Gasteiger partial charge on any atom is 0.339 e. The molecule has 12 nitrogen and oxygen atoms in total. The second kappa shape index (κ2) is 10.0. The molecule has 2 saturated heterocycles. The number of rotatable bonds is 5. The second-order valence-electron chi connectivity index (χ2n) is 10.8. The highest BCUT2D eigenvalue weighted by Gasteiger charge is 2.65. The van der Waals surface area contributed by atoms with Gasteiger partial charge in [-0.3, -0.25) is 0 Å². The fourth-order valence-corrected chi connectivity index (χ4v) is 6.73. The molecule has 210 valence electrons. The van der Waals surface area contributed by atoms with Crippen LogP contribution in [0.3, 0.4) is 0 Å². The lowest BCUT2D eigenvalue weighted by molar-refractivity contribution is -0.309. The highest BCUT2D eigenvalue weighted by atomic mass is 16.7. The molecule has 5 rings (SSSR count). The third-order valence-electron chi connectivity index (χ3n) is 8.94. The van der Waals surface area contributed by atoms with E-state index in [9.17, 15) is 35.1 Å². The van der Waals surface area contributed by atoms with Crippen LogP contribution in [0, 0.1) is 11.3 Å². The first-order valence-corrected chi connectivity index (χ1v) is 12.8. The average molecular weight is 539 g/mol. The van der Waals surface area contributed by atoms with Crippen molar-refractivity contribution in [2.75, 3.05) is 13.7 Å². The van der Waals surface area contributed by atoms with Gasteiger partial charge in [-0.15, -0.1) is 0 Å². The molecule has 0 unspecified atom stereocenters. The molecule has 2 aliphatic carbocycles. The summed E-state index contributed by atoms with van der Waals surface area (Å²) in [7, 11) is 1.23. The fourth-order valence-electron chi connectivity index (χ4n) is 6.73. The molecule has 1 saturated carbocycles. The number of aliphatic hydroxyl groups is 5. The van der Waals surface area contributed by atoms with Crippen LogP contribution in [0.1, 0.15) is 50.7 Å². The lowest BCUT2D eigenvalue weighted by Gasteiger charge is -2.57. The summed E-state index contributed by atoms with van der Waals surface area (Å²) in [6.45, 7) is 1.21. The summed E-state index contributed by atoms with van der Waals surface area (Å²) < 4.78 is 27.4. The van der Waals surface area contributed by atoms with Crippen molar-refractivity contribution in [1.29, 1.82) is 0 Å². The van der Waals surface area contributed by atoms with Crippen LogP contribution in [0.5, 0.6) is 0 Å². The predicted molar refractivity (Wildman–Crippen MR) is 125 cm³/mol. The molecule has 0 aromatic carbocycles. The summed E-state index contributed by atoms with van der Waals surface area (Å²) in [6, 6.07) is 1.70. The van der Waals surface area contributed by atoms with Gasteiger partial charge in [0.15, 0.2) is 11.9 Å². The number of methoxy groups -OCH3 is 1. The minimum Gasteiger partial charge on any atom is -0.472 e. The molecular weight excluding hydrogens is 504 g/mol. The van der Waals surface area contributed by atoms with Crippen molar-refractivity contribution in [3.63, 3.8) is 0 Å².